The van der Waals surface area contributed by atoms with E-state index >= 15 is 0 Å². The van der Waals surface area contributed by atoms with Crippen molar-refractivity contribution < 1.29 is 14.3 Å². The number of hydrogen-bond acceptors (Lipinski definition) is 5. The first-order chi connectivity index (χ1) is 10.7. The normalized spacial score (nSPS) is 13.6. The van der Waals surface area contributed by atoms with Crippen LogP contribution >= 0.6 is 11.3 Å². The van der Waals surface area contributed by atoms with Crippen LogP contribution in [-0.4, -0.2) is 31.7 Å². The van der Waals surface area contributed by atoms with E-state index < -0.39 is 0 Å². The van der Waals surface area contributed by atoms with Gasteiger partial charge in [-0.15, -0.1) is 11.3 Å². The van der Waals surface area contributed by atoms with Gasteiger partial charge >= 0.3 is 0 Å². The first-order valence-corrected chi connectivity index (χ1v) is 8.09. The topological polar surface area (TPSA) is 51.7 Å². The highest BCUT2D eigenvalue weighted by Crippen LogP contribution is 2.39. The average Bonchev–Trinajstić information content (AvgIpc) is 3.05. The Morgan fingerprint density at radius 1 is 1.36 bits per heavy atom. The summed E-state index contributed by atoms with van der Waals surface area (Å²) in [5.74, 6) is 1.49. The summed E-state index contributed by atoms with van der Waals surface area (Å²) in [4.78, 5) is 18.7. The SMILES string of the molecule is COc1cc2c(c(OC)c1)N(C(=O)Cc1cscn1)CCC2. The molecule has 0 aliphatic carbocycles. The lowest BCUT2D eigenvalue weighted by atomic mass is 10.00. The van der Waals surface area contributed by atoms with Crippen molar-refractivity contribution in [1.82, 2.24) is 4.98 Å². The first kappa shape index (κ1) is 14.8. The molecule has 1 aliphatic rings. The lowest BCUT2D eigenvalue weighted by Gasteiger charge is -2.31. The van der Waals surface area contributed by atoms with E-state index in [-0.39, 0.29) is 5.91 Å². The molecule has 1 amide bonds. The number of thiazole rings is 1. The molecular formula is C16H18N2O3S. The summed E-state index contributed by atoms with van der Waals surface area (Å²) in [5, 5.41) is 1.91. The fourth-order valence-electron chi connectivity index (χ4n) is 2.77. The maximum absolute atomic E-state index is 12.7. The van der Waals surface area contributed by atoms with Crippen molar-refractivity contribution in [3.63, 3.8) is 0 Å². The van der Waals surface area contributed by atoms with Crippen LogP contribution in [0.25, 0.3) is 0 Å². The van der Waals surface area contributed by atoms with Gasteiger partial charge in [-0.25, -0.2) is 4.98 Å². The van der Waals surface area contributed by atoms with Crippen molar-refractivity contribution in [3.8, 4) is 11.5 Å². The largest absolute Gasteiger partial charge is 0.497 e. The lowest BCUT2D eigenvalue weighted by molar-refractivity contribution is -0.118. The Morgan fingerprint density at radius 3 is 2.91 bits per heavy atom. The average molecular weight is 318 g/mol. The van der Waals surface area contributed by atoms with E-state index in [1.807, 2.05) is 22.4 Å². The zero-order chi connectivity index (χ0) is 15.5. The summed E-state index contributed by atoms with van der Waals surface area (Å²) in [6, 6.07) is 3.81. The third-order valence-electron chi connectivity index (χ3n) is 3.80. The maximum atomic E-state index is 12.7. The molecule has 116 valence electrons. The molecule has 2 aromatic rings. The van der Waals surface area contributed by atoms with E-state index in [1.165, 1.54) is 11.3 Å². The summed E-state index contributed by atoms with van der Waals surface area (Å²) < 4.78 is 10.8. The molecule has 3 rings (SSSR count). The molecular weight excluding hydrogens is 300 g/mol. The molecule has 1 aliphatic heterocycles. The summed E-state index contributed by atoms with van der Waals surface area (Å²) in [6.07, 6.45) is 2.17. The minimum atomic E-state index is 0.0512. The standard InChI is InChI=1S/C16H18N2O3S/c1-20-13-6-11-4-3-5-18(16(11)14(8-13)21-2)15(19)7-12-9-22-10-17-12/h6,8-10H,3-5,7H2,1-2H3. The molecule has 0 unspecified atom stereocenters. The molecule has 1 aromatic carbocycles. The van der Waals surface area contributed by atoms with Crippen LogP contribution in [-0.2, 0) is 17.6 Å². The number of methoxy groups -OCH3 is 2. The smallest absolute Gasteiger partial charge is 0.233 e. The third kappa shape index (κ3) is 2.78. The fourth-order valence-corrected chi connectivity index (χ4v) is 3.33. The van der Waals surface area contributed by atoms with Gasteiger partial charge in [0.2, 0.25) is 5.91 Å². The van der Waals surface area contributed by atoms with Crippen LogP contribution in [0, 0.1) is 0 Å². The molecule has 2 heterocycles. The Balaban J connectivity index is 1.94. The molecule has 6 heteroatoms. The van der Waals surface area contributed by atoms with Crippen LogP contribution in [0.1, 0.15) is 17.7 Å². The number of fused-ring (bicyclic) bond motifs is 1. The molecule has 0 atom stereocenters. The van der Waals surface area contributed by atoms with Crippen LogP contribution < -0.4 is 14.4 Å². The molecule has 0 N–H and O–H groups in total. The van der Waals surface area contributed by atoms with Crippen LogP contribution in [0.4, 0.5) is 5.69 Å². The number of aryl methyl sites for hydroxylation is 1. The van der Waals surface area contributed by atoms with E-state index in [0.29, 0.717) is 18.7 Å². The molecule has 0 radical (unpaired) electrons. The zero-order valence-electron chi connectivity index (χ0n) is 12.7. The number of carbonyl (C=O) groups excluding carboxylic acids is 1. The number of anilines is 1. The number of ether oxygens (including phenoxy) is 2. The van der Waals surface area contributed by atoms with Crippen LogP contribution in [0.5, 0.6) is 11.5 Å². The summed E-state index contributed by atoms with van der Waals surface area (Å²) in [5.41, 5.74) is 4.52. The zero-order valence-corrected chi connectivity index (χ0v) is 13.5. The number of hydrogen-bond donors (Lipinski definition) is 0. The number of benzene rings is 1. The van der Waals surface area contributed by atoms with Gasteiger partial charge in [0.25, 0.3) is 0 Å². The molecule has 0 saturated heterocycles. The van der Waals surface area contributed by atoms with Gasteiger partial charge in [-0.05, 0) is 24.5 Å². The quantitative estimate of drug-likeness (QED) is 0.870. The third-order valence-corrected chi connectivity index (χ3v) is 4.43. The predicted molar refractivity (Wildman–Crippen MR) is 86.0 cm³/mol. The molecule has 5 nitrogen and oxygen atoms in total. The van der Waals surface area contributed by atoms with Crippen LogP contribution in [0.15, 0.2) is 23.0 Å². The first-order valence-electron chi connectivity index (χ1n) is 7.15. The number of rotatable bonds is 4. The second kappa shape index (κ2) is 6.36. The second-order valence-corrected chi connectivity index (χ2v) is 5.86. The predicted octanol–water partition coefficient (Wildman–Crippen LogP) is 2.68. The Bertz CT molecular complexity index is 653. The Kier molecular flexibility index (Phi) is 4.29. The van der Waals surface area contributed by atoms with Gasteiger partial charge < -0.3 is 14.4 Å². The van der Waals surface area contributed by atoms with Crippen LogP contribution in [0.2, 0.25) is 0 Å². The molecule has 0 fully saturated rings. The van der Waals surface area contributed by atoms with Crippen molar-refractivity contribution in [2.75, 3.05) is 25.7 Å². The monoisotopic (exact) mass is 318 g/mol. The number of carbonyl (C=O) groups is 1. The van der Waals surface area contributed by atoms with Gasteiger partial charge in [0.05, 0.1) is 37.5 Å². The summed E-state index contributed by atoms with van der Waals surface area (Å²) >= 11 is 1.50. The number of aromatic nitrogens is 1. The van der Waals surface area contributed by atoms with E-state index in [2.05, 4.69) is 4.98 Å². The van der Waals surface area contributed by atoms with Gasteiger partial charge in [-0.3, -0.25) is 4.79 Å². The van der Waals surface area contributed by atoms with Crippen molar-refractivity contribution in [3.05, 3.63) is 34.3 Å². The molecule has 1 aromatic heterocycles. The fraction of sp³-hybridized carbons (Fsp3) is 0.375. The van der Waals surface area contributed by atoms with Crippen LogP contribution in [0.3, 0.4) is 0 Å². The van der Waals surface area contributed by atoms with Gasteiger partial charge in [-0.2, -0.15) is 0 Å². The number of amides is 1. The van der Waals surface area contributed by atoms with E-state index in [0.717, 1.165) is 35.5 Å². The Morgan fingerprint density at radius 2 is 2.23 bits per heavy atom. The summed E-state index contributed by atoms with van der Waals surface area (Å²) in [7, 11) is 3.25. The van der Waals surface area contributed by atoms with Gasteiger partial charge in [-0.1, -0.05) is 0 Å². The lowest BCUT2D eigenvalue weighted by Crippen LogP contribution is -2.37. The van der Waals surface area contributed by atoms with Gasteiger partial charge in [0.1, 0.15) is 11.5 Å². The minimum Gasteiger partial charge on any atom is -0.497 e. The van der Waals surface area contributed by atoms with E-state index in [1.54, 1.807) is 19.7 Å². The Labute approximate surface area is 133 Å². The van der Waals surface area contributed by atoms with Crippen molar-refractivity contribution in [2.24, 2.45) is 0 Å². The molecule has 0 bridgehead atoms. The maximum Gasteiger partial charge on any atom is 0.233 e. The van der Waals surface area contributed by atoms with Gasteiger partial charge in [0, 0.05) is 18.0 Å². The highest BCUT2D eigenvalue weighted by Gasteiger charge is 2.27. The second-order valence-electron chi connectivity index (χ2n) is 5.14. The molecule has 0 saturated carbocycles. The summed E-state index contributed by atoms with van der Waals surface area (Å²) in [6.45, 7) is 0.707. The van der Waals surface area contributed by atoms with E-state index in [4.69, 9.17) is 9.47 Å². The Hall–Kier alpha value is -2.08. The van der Waals surface area contributed by atoms with E-state index in [9.17, 15) is 4.79 Å². The minimum absolute atomic E-state index is 0.0512. The van der Waals surface area contributed by atoms with Crippen molar-refractivity contribution in [1.29, 1.82) is 0 Å². The van der Waals surface area contributed by atoms with Gasteiger partial charge in [0.15, 0.2) is 0 Å². The highest BCUT2D eigenvalue weighted by molar-refractivity contribution is 7.07. The molecule has 0 spiro atoms. The van der Waals surface area contributed by atoms with Crippen molar-refractivity contribution >= 4 is 22.9 Å². The molecule has 22 heavy (non-hydrogen) atoms. The highest BCUT2D eigenvalue weighted by atomic mass is 32.1. The van der Waals surface area contributed by atoms with Crippen molar-refractivity contribution in [2.45, 2.75) is 19.3 Å². The number of nitrogens with zero attached hydrogens (tertiary/aromatic N) is 2.